The van der Waals surface area contributed by atoms with Gasteiger partial charge in [0.2, 0.25) is 0 Å². The van der Waals surface area contributed by atoms with Gasteiger partial charge in [-0.1, -0.05) is 27.5 Å². The Bertz CT molecular complexity index is 908. The second kappa shape index (κ2) is 6.30. The lowest BCUT2D eigenvalue weighted by Crippen LogP contribution is -2.19. The number of nitrogens with zero attached hydrogens (tertiary/aromatic N) is 2. The Hall–Kier alpha value is -1.91. The van der Waals surface area contributed by atoms with Crippen molar-refractivity contribution in [3.63, 3.8) is 0 Å². The molecule has 8 nitrogen and oxygen atoms in total. The van der Waals surface area contributed by atoms with Crippen LogP contribution in [0.5, 0.6) is 0 Å². The molecule has 0 saturated carbocycles. The van der Waals surface area contributed by atoms with Gasteiger partial charge in [0.15, 0.2) is 4.90 Å². The molecule has 0 radical (unpaired) electrons. The number of esters is 1. The standard InChI is InChI=1S/C12H8BrClN2O6S/c1-22-12(17)10-5-8(14)6-15(10)23(20,21)11-3-2-7(13)4-9(11)16(18)19/h2-6H,1H3. The van der Waals surface area contributed by atoms with E-state index in [-0.39, 0.29) is 10.7 Å². The third-order valence-electron chi connectivity index (χ3n) is 2.80. The predicted molar refractivity (Wildman–Crippen MR) is 84.2 cm³/mol. The van der Waals surface area contributed by atoms with E-state index in [9.17, 15) is 23.3 Å². The Kier molecular flexibility index (Phi) is 4.78. The molecule has 0 aliphatic rings. The van der Waals surface area contributed by atoms with Crippen molar-refractivity contribution < 1.29 is 22.9 Å². The second-order valence-electron chi connectivity index (χ2n) is 4.21. The van der Waals surface area contributed by atoms with E-state index in [1.165, 1.54) is 6.07 Å². The summed E-state index contributed by atoms with van der Waals surface area (Å²) in [5.41, 5.74) is -1.00. The molecule has 1 aromatic carbocycles. The van der Waals surface area contributed by atoms with Crippen molar-refractivity contribution in [3.8, 4) is 0 Å². The van der Waals surface area contributed by atoms with Crippen LogP contribution in [0.3, 0.4) is 0 Å². The van der Waals surface area contributed by atoms with Crippen LogP contribution in [0.1, 0.15) is 10.5 Å². The molecule has 2 rings (SSSR count). The average molecular weight is 424 g/mol. The number of hydrogen-bond acceptors (Lipinski definition) is 6. The SMILES string of the molecule is COC(=O)c1cc(Cl)cn1S(=O)(=O)c1ccc(Br)cc1[N+](=O)[O-]. The quantitative estimate of drug-likeness (QED) is 0.425. The Morgan fingerprint density at radius 3 is 2.61 bits per heavy atom. The Morgan fingerprint density at radius 2 is 2.04 bits per heavy atom. The Labute approximate surface area is 143 Å². The van der Waals surface area contributed by atoms with Crippen LogP contribution >= 0.6 is 27.5 Å². The highest BCUT2D eigenvalue weighted by molar-refractivity contribution is 9.10. The van der Waals surface area contributed by atoms with Gasteiger partial charge in [0.25, 0.3) is 15.7 Å². The minimum atomic E-state index is -4.43. The Balaban J connectivity index is 2.75. The van der Waals surface area contributed by atoms with Crippen LogP contribution in [0.2, 0.25) is 5.02 Å². The van der Waals surface area contributed by atoms with Crippen LogP contribution in [0.4, 0.5) is 5.69 Å². The van der Waals surface area contributed by atoms with Gasteiger partial charge in [-0.05, 0) is 18.2 Å². The number of benzene rings is 1. The summed E-state index contributed by atoms with van der Waals surface area (Å²) < 4.78 is 30.8. The summed E-state index contributed by atoms with van der Waals surface area (Å²) in [4.78, 5) is 21.4. The zero-order valence-corrected chi connectivity index (χ0v) is 14.6. The van der Waals surface area contributed by atoms with Crippen molar-refractivity contribution in [2.75, 3.05) is 7.11 Å². The third kappa shape index (κ3) is 3.23. The lowest BCUT2D eigenvalue weighted by atomic mass is 10.3. The van der Waals surface area contributed by atoms with Gasteiger partial charge in [-0.25, -0.2) is 17.2 Å². The van der Waals surface area contributed by atoms with E-state index in [2.05, 4.69) is 20.7 Å². The fourth-order valence-electron chi connectivity index (χ4n) is 1.82. The van der Waals surface area contributed by atoms with Crippen LogP contribution < -0.4 is 0 Å². The molecule has 11 heteroatoms. The number of hydrogen-bond donors (Lipinski definition) is 0. The maximum Gasteiger partial charge on any atom is 0.355 e. The van der Waals surface area contributed by atoms with Crippen molar-refractivity contribution in [3.05, 3.63) is 55.8 Å². The van der Waals surface area contributed by atoms with Crippen LogP contribution in [0, 0.1) is 10.1 Å². The smallest absolute Gasteiger partial charge is 0.355 e. The largest absolute Gasteiger partial charge is 0.464 e. The van der Waals surface area contributed by atoms with E-state index in [1.807, 2.05) is 0 Å². The van der Waals surface area contributed by atoms with Gasteiger partial charge >= 0.3 is 5.97 Å². The van der Waals surface area contributed by atoms with Crippen molar-refractivity contribution >= 4 is 49.2 Å². The summed E-state index contributed by atoms with van der Waals surface area (Å²) >= 11 is 8.79. The highest BCUT2D eigenvalue weighted by Gasteiger charge is 2.31. The van der Waals surface area contributed by atoms with Crippen LogP contribution in [0.15, 0.2) is 39.8 Å². The highest BCUT2D eigenvalue weighted by Crippen LogP contribution is 2.30. The van der Waals surface area contributed by atoms with Crippen molar-refractivity contribution in [2.45, 2.75) is 4.90 Å². The van der Waals surface area contributed by atoms with Gasteiger partial charge < -0.3 is 4.74 Å². The van der Waals surface area contributed by atoms with Gasteiger partial charge in [-0.15, -0.1) is 0 Å². The molecule has 0 saturated heterocycles. The summed E-state index contributed by atoms with van der Waals surface area (Å²) in [5.74, 6) is -0.944. The van der Waals surface area contributed by atoms with E-state index in [1.54, 1.807) is 0 Å². The molecule has 2 aromatic rings. The molecule has 0 spiro atoms. The number of aromatic nitrogens is 1. The molecular weight excluding hydrogens is 416 g/mol. The average Bonchev–Trinajstić information content (AvgIpc) is 2.88. The number of ether oxygens (including phenoxy) is 1. The van der Waals surface area contributed by atoms with Gasteiger partial charge in [0.1, 0.15) is 5.69 Å². The van der Waals surface area contributed by atoms with E-state index in [4.69, 9.17) is 11.6 Å². The zero-order chi connectivity index (χ0) is 17.4. The molecule has 23 heavy (non-hydrogen) atoms. The first-order valence-electron chi connectivity index (χ1n) is 5.84. The minimum Gasteiger partial charge on any atom is -0.464 e. The van der Waals surface area contributed by atoms with Gasteiger partial charge in [-0.2, -0.15) is 0 Å². The molecule has 0 unspecified atom stereocenters. The first-order chi connectivity index (χ1) is 10.7. The second-order valence-corrected chi connectivity index (χ2v) is 7.34. The van der Waals surface area contributed by atoms with Crippen molar-refractivity contribution in [2.24, 2.45) is 0 Å². The number of nitro benzene ring substituents is 1. The zero-order valence-electron chi connectivity index (χ0n) is 11.4. The molecule has 0 fully saturated rings. The summed E-state index contributed by atoms with van der Waals surface area (Å²) in [6.07, 6.45) is 0.967. The lowest BCUT2D eigenvalue weighted by Gasteiger charge is -2.09. The Morgan fingerprint density at radius 1 is 1.39 bits per heavy atom. The van der Waals surface area contributed by atoms with Gasteiger partial charge in [-0.3, -0.25) is 10.1 Å². The summed E-state index contributed by atoms with van der Waals surface area (Å²) in [6, 6.07) is 4.54. The molecule has 1 aromatic heterocycles. The van der Waals surface area contributed by atoms with Gasteiger partial charge in [0, 0.05) is 16.7 Å². The number of methoxy groups -OCH3 is 1. The summed E-state index contributed by atoms with van der Waals surface area (Å²) in [6.45, 7) is 0. The highest BCUT2D eigenvalue weighted by atomic mass is 79.9. The predicted octanol–water partition coefficient (Wildman–Crippen LogP) is 2.84. The van der Waals surface area contributed by atoms with E-state index in [0.29, 0.717) is 8.45 Å². The minimum absolute atomic E-state index is 0.0336. The molecule has 0 atom stereocenters. The summed E-state index contributed by atoms with van der Waals surface area (Å²) in [5, 5.41) is 11.1. The molecule has 0 aliphatic carbocycles. The first-order valence-corrected chi connectivity index (χ1v) is 8.45. The number of rotatable bonds is 4. The molecule has 122 valence electrons. The van der Waals surface area contributed by atoms with Crippen LogP contribution in [-0.4, -0.2) is 30.4 Å². The van der Waals surface area contributed by atoms with Crippen molar-refractivity contribution in [1.82, 2.24) is 3.97 Å². The number of nitro groups is 1. The van der Waals surface area contributed by atoms with Crippen molar-refractivity contribution in [1.29, 1.82) is 0 Å². The van der Waals surface area contributed by atoms with E-state index < -0.39 is 31.5 Å². The fourth-order valence-corrected chi connectivity index (χ4v) is 3.92. The summed E-state index contributed by atoms with van der Waals surface area (Å²) in [7, 11) is -3.36. The maximum absolute atomic E-state index is 12.7. The first kappa shape index (κ1) is 17.4. The van der Waals surface area contributed by atoms with Crippen LogP contribution in [0.25, 0.3) is 0 Å². The molecule has 0 aliphatic heterocycles. The maximum atomic E-state index is 12.7. The lowest BCUT2D eigenvalue weighted by molar-refractivity contribution is -0.387. The fraction of sp³-hybridized carbons (Fsp3) is 0.0833. The van der Waals surface area contributed by atoms with Gasteiger partial charge in [0.05, 0.1) is 17.1 Å². The number of carbonyl (C=O) groups is 1. The molecule has 0 amide bonds. The molecule has 0 N–H and O–H groups in total. The number of halogens is 2. The monoisotopic (exact) mass is 422 g/mol. The topological polar surface area (TPSA) is 109 Å². The van der Waals surface area contributed by atoms with Crippen LogP contribution in [-0.2, 0) is 14.8 Å². The normalized spacial score (nSPS) is 11.3. The molecule has 1 heterocycles. The third-order valence-corrected chi connectivity index (χ3v) is 5.22. The number of carbonyl (C=O) groups excluding carboxylic acids is 1. The molecule has 0 bridgehead atoms. The van der Waals surface area contributed by atoms with E-state index in [0.717, 1.165) is 31.5 Å². The van der Waals surface area contributed by atoms with E-state index >= 15 is 0 Å². The molecular formula is C12H8BrClN2O6S.